The second kappa shape index (κ2) is 4.27. The molecule has 0 saturated carbocycles. The van der Waals surface area contributed by atoms with Crippen LogP contribution < -0.4 is 5.73 Å². The Morgan fingerprint density at radius 1 is 1.64 bits per heavy atom. The van der Waals surface area contributed by atoms with Crippen molar-refractivity contribution in [2.24, 2.45) is 5.73 Å². The van der Waals surface area contributed by atoms with Crippen molar-refractivity contribution < 1.29 is 5.11 Å². The summed E-state index contributed by atoms with van der Waals surface area (Å²) < 4.78 is 0.462. The van der Waals surface area contributed by atoms with Gasteiger partial charge in [-0.15, -0.1) is 6.58 Å². The number of rotatable bonds is 2. The maximum Gasteiger partial charge on any atom is 0.134 e. The van der Waals surface area contributed by atoms with Gasteiger partial charge in [-0.05, 0) is 28.1 Å². The van der Waals surface area contributed by atoms with Gasteiger partial charge >= 0.3 is 0 Å². The van der Waals surface area contributed by atoms with Crippen LogP contribution in [-0.4, -0.2) is 5.11 Å². The van der Waals surface area contributed by atoms with E-state index >= 15 is 0 Å². The highest BCUT2D eigenvalue weighted by Crippen LogP contribution is 2.32. The van der Waals surface area contributed by atoms with Gasteiger partial charge in [-0.25, -0.2) is 0 Å². The topological polar surface area (TPSA) is 70.0 Å². The minimum absolute atomic E-state index is 0.0522. The first-order valence-corrected chi connectivity index (χ1v) is 4.70. The first kappa shape index (κ1) is 10.8. The molecule has 1 atom stereocenters. The summed E-state index contributed by atoms with van der Waals surface area (Å²) in [7, 11) is 0. The van der Waals surface area contributed by atoms with Crippen LogP contribution in [0, 0.1) is 11.3 Å². The van der Waals surface area contributed by atoms with Crippen LogP contribution in [0.25, 0.3) is 0 Å². The molecule has 0 heterocycles. The summed E-state index contributed by atoms with van der Waals surface area (Å²) >= 11 is 3.14. The van der Waals surface area contributed by atoms with E-state index in [0.717, 1.165) is 0 Å². The summed E-state index contributed by atoms with van der Waals surface area (Å²) in [5.74, 6) is 0.0522. The zero-order chi connectivity index (χ0) is 10.7. The van der Waals surface area contributed by atoms with Gasteiger partial charge < -0.3 is 10.8 Å². The summed E-state index contributed by atoms with van der Waals surface area (Å²) in [6, 6.07) is 4.60. The molecule has 0 fully saturated rings. The summed E-state index contributed by atoms with van der Waals surface area (Å²) in [5.41, 5.74) is 6.62. The molecule has 0 spiro atoms. The van der Waals surface area contributed by atoms with Gasteiger partial charge in [0.1, 0.15) is 5.75 Å². The lowest BCUT2D eigenvalue weighted by Gasteiger charge is -2.10. The molecule has 0 aliphatic rings. The number of hydrogen-bond donors (Lipinski definition) is 2. The Labute approximate surface area is 90.6 Å². The third-order valence-corrected chi connectivity index (χ3v) is 2.44. The summed E-state index contributed by atoms with van der Waals surface area (Å²) in [4.78, 5) is 0. The van der Waals surface area contributed by atoms with E-state index < -0.39 is 6.04 Å². The molecule has 1 rings (SSSR count). The quantitative estimate of drug-likeness (QED) is 0.794. The Balaban J connectivity index is 3.35. The maximum atomic E-state index is 9.63. The molecule has 1 aromatic rings. The molecule has 0 amide bonds. The average Bonchev–Trinajstić information content (AvgIpc) is 2.20. The molecule has 3 N–H and O–H groups in total. The number of benzene rings is 1. The van der Waals surface area contributed by atoms with Crippen molar-refractivity contribution in [1.29, 1.82) is 5.26 Å². The van der Waals surface area contributed by atoms with E-state index in [1.807, 2.05) is 6.07 Å². The molecule has 72 valence electrons. The molecule has 14 heavy (non-hydrogen) atoms. The number of hydrogen-bond acceptors (Lipinski definition) is 3. The van der Waals surface area contributed by atoms with Gasteiger partial charge in [0.05, 0.1) is 22.1 Å². The fourth-order valence-electron chi connectivity index (χ4n) is 1.07. The van der Waals surface area contributed by atoms with Crippen molar-refractivity contribution in [3.05, 3.63) is 40.4 Å². The van der Waals surface area contributed by atoms with Crippen molar-refractivity contribution in [2.75, 3.05) is 0 Å². The van der Waals surface area contributed by atoms with Crippen molar-refractivity contribution in [3.63, 3.8) is 0 Å². The molecule has 0 aliphatic heterocycles. The minimum atomic E-state index is -0.473. The van der Waals surface area contributed by atoms with Crippen LogP contribution in [0.3, 0.4) is 0 Å². The Kier molecular flexibility index (Phi) is 3.28. The molecular weight excluding hydrogens is 244 g/mol. The van der Waals surface area contributed by atoms with E-state index in [0.29, 0.717) is 15.6 Å². The van der Waals surface area contributed by atoms with Gasteiger partial charge in [-0.3, -0.25) is 0 Å². The maximum absolute atomic E-state index is 9.63. The first-order valence-electron chi connectivity index (χ1n) is 3.90. The zero-order valence-corrected chi connectivity index (χ0v) is 8.95. The minimum Gasteiger partial charge on any atom is -0.506 e. The Morgan fingerprint density at radius 2 is 2.29 bits per heavy atom. The van der Waals surface area contributed by atoms with Gasteiger partial charge in [0, 0.05) is 5.56 Å². The predicted molar refractivity (Wildman–Crippen MR) is 57.6 cm³/mol. The third-order valence-electron chi connectivity index (χ3n) is 1.84. The number of phenolic OH excluding ortho intramolecular Hbond substituents is 1. The Hall–Kier alpha value is -1.31. The summed E-state index contributed by atoms with van der Waals surface area (Å²) in [6.07, 6.45) is 1.50. The molecule has 0 bridgehead atoms. The van der Waals surface area contributed by atoms with Crippen LogP contribution in [0.2, 0.25) is 0 Å². The van der Waals surface area contributed by atoms with E-state index in [9.17, 15) is 5.11 Å². The molecule has 0 unspecified atom stereocenters. The molecule has 0 aliphatic carbocycles. The van der Waals surface area contributed by atoms with Crippen LogP contribution in [0.5, 0.6) is 5.75 Å². The lowest BCUT2D eigenvalue weighted by Crippen LogP contribution is -2.07. The molecular formula is C10H9BrN2O. The van der Waals surface area contributed by atoms with Crippen LogP contribution in [0.15, 0.2) is 29.3 Å². The summed E-state index contributed by atoms with van der Waals surface area (Å²) in [6.45, 7) is 3.53. The highest BCUT2D eigenvalue weighted by molar-refractivity contribution is 9.10. The smallest absolute Gasteiger partial charge is 0.134 e. The fourth-order valence-corrected chi connectivity index (χ4v) is 1.54. The monoisotopic (exact) mass is 252 g/mol. The van der Waals surface area contributed by atoms with Crippen molar-refractivity contribution in [1.82, 2.24) is 0 Å². The Bertz CT molecular complexity index is 409. The van der Waals surface area contributed by atoms with Gasteiger partial charge in [0.2, 0.25) is 0 Å². The normalized spacial score (nSPS) is 11.8. The molecule has 0 radical (unpaired) electrons. The average molecular weight is 253 g/mol. The molecule has 3 nitrogen and oxygen atoms in total. The van der Waals surface area contributed by atoms with Crippen LogP contribution in [0.1, 0.15) is 17.2 Å². The number of nitriles is 1. The number of nitrogens with two attached hydrogens (primary N) is 1. The van der Waals surface area contributed by atoms with Crippen LogP contribution >= 0.6 is 15.9 Å². The van der Waals surface area contributed by atoms with Crippen LogP contribution in [-0.2, 0) is 0 Å². The Morgan fingerprint density at radius 3 is 2.79 bits per heavy atom. The second-order valence-electron chi connectivity index (χ2n) is 2.77. The highest BCUT2D eigenvalue weighted by atomic mass is 79.9. The van der Waals surface area contributed by atoms with Gasteiger partial charge in [-0.1, -0.05) is 6.08 Å². The number of phenols is 1. The largest absolute Gasteiger partial charge is 0.506 e. The van der Waals surface area contributed by atoms with Crippen molar-refractivity contribution in [2.45, 2.75) is 6.04 Å². The van der Waals surface area contributed by atoms with E-state index in [1.165, 1.54) is 12.1 Å². The predicted octanol–water partition coefficient (Wildman–Crippen LogP) is 2.21. The van der Waals surface area contributed by atoms with E-state index in [4.69, 9.17) is 11.0 Å². The standard InChI is InChI=1S/C10H9BrN2O/c1-2-9(13)7-3-6(5-12)4-8(11)10(7)14/h2-4,9,14H,1,13H2/t9-/m1/s1. The van der Waals surface area contributed by atoms with Crippen molar-refractivity contribution in [3.8, 4) is 11.8 Å². The first-order chi connectivity index (χ1) is 6.60. The zero-order valence-electron chi connectivity index (χ0n) is 7.37. The molecule has 1 aromatic carbocycles. The lowest BCUT2D eigenvalue weighted by atomic mass is 10.0. The lowest BCUT2D eigenvalue weighted by molar-refractivity contribution is 0.462. The fraction of sp³-hybridized carbons (Fsp3) is 0.100. The molecule has 0 aromatic heterocycles. The van der Waals surface area contributed by atoms with Gasteiger partial charge in [0.25, 0.3) is 0 Å². The summed E-state index contributed by atoms with van der Waals surface area (Å²) in [5, 5.41) is 18.3. The van der Waals surface area contributed by atoms with E-state index in [-0.39, 0.29) is 5.75 Å². The SMILES string of the molecule is C=C[C@@H](N)c1cc(C#N)cc(Br)c1O. The molecule has 0 saturated heterocycles. The van der Waals surface area contributed by atoms with Gasteiger partial charge in [0.15, 0.2) is 0 Å². The highest BCUT2D eigenvalue weighted by Gasteiger charge is 2.12. The van der Waals surface area contributed by atoms with Gasteiger partial charge in [-0.2, -0.15) is 5.26 Å². The number of aromatic hydroxyl groups is 1. The van der Waals surface area contributed by atoms with Crippen LogP contribution in [0.4, 0.5) is 0 Å². The van der Waals surface area contributed by atoms with E-state index in [2.05, 4.69) is 22.5 Å². The third kappa shape index (κ3) is 1.95. The molecule has 4 heteroatoms. The number of nitrogens with zero attached hydrogens (tertiary/aromatic N) is 1. The van der Waals surface area contributed by atoms with Crippen molar-refractivity contribution >= 4 is 15.9 Å². The second-order valence-corrected chi connectivity index (χ2v) is 3.62. The number of halogens is 1. The van der Waals surface area contributed by atoms with E-state index in [1.54, 1.807) is 6.07 Å².